The minimum Gasteiger partial charge on any atom is -0.366 e. The molecule has 7 heteroatoms. The van der Waals surface area contributed by atoms with Crippen molar-refractivity contribution in [3.63, 3.8) is 0 Å². The predicted molar refractivity (Wildman–Crippen MR) is 77.1 cm³/mol. The largest absolute Gasteiger partial charge is 0.366 e. The number of benzene rings is 1. The Hall–Kier alpha value is -2.02. The van der Waals surface area contributed by atoms with Gasteiger partial charge in [0.2, 0.25) is 0 Å². The molecule has 0 saturated carbocycles. The Balaban J connectivity index is 2.17. The summed E-state index contributed by atoms with van der Waals surface area (Å²) in [5, 5.41) is 13.7. The van der Waals surface area contributed by atoms with Crippen LogP contribution in [0.25, 0.3) is 0 Å². The molecule has 1 aromatic carbocycles. The lowest BCUT2D eigenvalue weighted by atomic mass is 10.2. The molecular formula is C13H11BrFN3O2. The van der Waals surface area contributed by atoms with Gasteiger partial charge in [0.1, 0.15) is 11.6 Å². The molecule has 5 nitrogen and oxygen atoms in total. The van der Waals surface area contributed by atoms with Crippen molar-refractivity contribution in [2.75, 3.05) is 5.32 Å². The molecule has 0 amide bonds. The number of hydrogen-bond acceptors (Lipinski definition) is 4. The standard InChI is InChI=1S/C13H11BrFN3O2/c1-8-6-16-13(5-12(8)18(19)20)17-7-9-4-10(14)2-3-11(9)15/h2-6H,7H2,1H3,(H,16,17). The van der Waals surface area contributed by atoms with Crippen molar-refractivity contribution in [2.45, 2.75) is 13.5 Å². The van der Waals surface area contributed by atoms with E-state index in [0.29, 0.717) is 16.9 Å². The minimum atomic E-state index is -0.470. The summed E-state index contributed by atoms with van der Waals surface area (Å²) in [5.74, 6) is -0.0102. The zero-order valence-electron chi connectivity index (χ0n) is 10.6. The van der Waals surface area contributed by atoms with Crippen molar-refractivity contribution >= 4 is 27.4 Å². The lowest BCUT2D eigenvalue weighted by Gasteiger charge is -2.07. The molecule has 0 saturated heterocycles. The SMILES string of the molecule is Cc1cnc(NCc2cc(Br)ccc2F)cc1[N+](=O)[O-]. The van der Waals surface area contributed by atoms with Crippen LogP contribution in [0.4, 0.5) is 15.9 Å². The Morgan fingerprint density at radius 2 is 2.20 bits per heavy atom. The highest BCUT2D eigenvalue weighted by molar-refractivity contribution is 9.10. The number of nitro groups is 1. The first-order valence-electron chi connectivity index (χ1n) is 5.76. The van der Waals surface area contributed by atoms with Crippen LogP contribution in [-0.2, 0) is 6.54 Å². The molecule has 0 fully saturated rings. The first-order valence-corrected chi connectivity index (χ1v) is 6.55. The quantitative estimate of drug-likeness (QED) is 0.679. The van der Waals surface area contributed by atoms with E-state index in [1.165, 1.54) is 18.3 Å². The number of nitrogens with one attached hydrogen (secondary N) is 1. The molecule has 1 heterocycles. The van der Waals surface area contributed by atoms with Gasteiger partial charge in [0.25, 0.3) is 5.69 Å². The van der Waals surface area contributed by atoms with Crippen LogP contribution in [0.5, 0.6) is 0 Å². The van der Waals surface area contributed by atoms with Gasteiger partial charge in [-0.1, -0.05) is 15.9 Å². The van der Waals surface area contributed by atoms with Crippen LogP contribution in [-0.4, -0.2) is 9.91 Å². The van der Waals surface area contributed by atoms with E-state index in [2.05, 4.69) is 26.2 Å². The van der Waals surface area contributed by atoms with Gasteiger partial charge in [0.05, 0.1) is 11.0 Å². The highest BCUT2D eigenvalue weighted by atomic mass is 79.9. The van der Waals surface area contributed by atoms with E-state index in [-0.39, 0.29) is 18.0 Å². The molecule has 1 N–H and O–H groups in total. The molecule has 0 atom stereocenters. The number of pyridine rings is 1. The van der Waals surface area contributed by atoms with E-state index in [4.69, 9.17) is 0 Å². The van der Waals surface area contributed by atoms with Crippen LogP contribution >= 0.6 is 15.9 Å². The molecule has 2 rings (SSSR count). The molecule has 0 aliphatic rings. The maximum absolute atomic E-state index is 13.6. The van der Waals surface area contributed by atoms with Crippen LogP contribution < -0.4 is 5.32 Å². The fraction of sp³-hybridized carbons (Fsp3) is 0.154. The summed E-state index contributed by atoms with van der Waals surface area (Å²) in [6.07, 6.45) is 1.41. The number of anilines is 1. The third kappa shape index (κ3) is 3.30. The fourth-order valence-corrected chi connectivity index (χ4v) is 2.08. The molecule has 0 aliphatic heterocycles. The van der Waals surface area contributed by atoms with Gasteiger partial charge < -0.3 is 5.32 Å². The summed E-state index contributed by atoms with van der Waals surface area (Å²) < 4.78 is 14.3. The summed E-state index contributed by atoms with van der Waals surface area (Å²) in [6, 6.07) is 5.94. The summed E-state index contributed by atoms with van der Waals surface area (Å²) in [5.41, 5.74) is 0.913. The monoisotopic (exact) mass is 339 g/mol. The van der Waals surface area contributed by atoms with Gasteiger partial charge in [-0.15, -0.1) is 0 Å². The number of nitrogens with zero attached hydrogens (tertiary/aromatic N) is 2. The topological polar surface area (TPSA) is 68.1 Å². The van der Waals surface area contributed by atoms with Gasteiger partial charge in [-0.3, -0.25) is 10.1 Å². The molecule has 0 bridgehead atoms. The zero-order chi connectivity index (χ0) is 14.7. The van der Waals surface area contributed by atoms with Gasteiger partial charge in [-0.05, 0) is 25.1 Å². The van der Waals surface area contributed by atoms with Crippen LogP contribution in [0.15, 0.2) is 34.9 Å². The molecular weight excluding hydrogens is 329 g/mol. The fourth-order valence-electron chi connectivity index (χ4n) is 1.67. The Labute approximate surface area is 123 Å². The van der Waals surface area contributed by atoms with Gasteiger partial charge in [-0.2, -0.15) is 0 Å². The van der Waals surface area contributed by atoms with Crippen LogP contribution in [0, 0.1) is 22.9 Å². The van der Waals surface area contributed by atoms with Crippen molar-refractivity contribution in [1.29, 1.82) is 0 Å². The summed E-state index contributed by atoms with van der Waals surface area (Å²) in [6.45, 7) is 1.81. The third-order valence-electron chi connectivity index (χ3n) is 2.74. The Bertz CT molecular complexity index is 664. The van der Waals surface area contributed by atoms with Crippen LogP contribution in [0.1, 0.15) is 11.1 Å². The molecule has 1 aromatic heterocycles. The second-order valence-corrected chi connectivity index (χ2v) is 5.12. The average Bonchev–Trinajstić information content (AvgIpc) is 2.41. The number of rotatable bonds is 4. The van der Waals surface area contributed by atoms with E-state index < -0.39 is 4.92 Å². The Kier molecular flexibility index (Phi) is 4.29. The first kappa shape index (κ1) is 14.4. The molecule has 104 valence electrons. The van der Waals surface area contributed by atoms with Crippen molar-refractivity contribution in [1.82, 2.24) is 4.98 Å². The van der Waals surface area contributed by atoms with Gasteiger partial charge in [0, 0.05) is 28.3 Å². The number of halogens is 2. The first-order chi connectivity index (χ1) is 9.47. The number of hydrogen-bond donors (Lipinski definition) is 1. The molecule has 0 unspecified atom stereocenters. The maximum atomic E-state index is 13.6. The second kappa shape index (κ2) is 5.96. The zero-order valence-corrected chi connectivity index (χ0v) is 12.1. The van der Waals surface area contributed by atoms with Crippen LogP contribution in [0.3, 0.4) is 0 Å². The van der Waals surface area contributed by atoms with Crippen molar-refractivity contribution in [3.8, 4) is 0 Å². The molecule has 20 heavy (non-hydrogen) atoms. The van der Waals surface area contributed by atoms with Gasteiger partial charge in [0.15, 0.2) is 0 Å². The van der Waals surface area contributed by atoms with Crippen LogP contribution in [0.2, 0.25) is 0 Å². The number of aromatic nitrogens is 1. The predicted octanol–water partition coefficient (Wildman–Crippen LogP) is 3.81. The highest BCUT2D eigenvalue weighted by Crippen LogP contribution is 2.21. The third-order valence-corrected chi connectivity index (χ3v) is 3.23. The minimum absolute atomic E-state index is 0.0165. The molecule has 0 aliphatic carbocycles. The summed E-state index contributed by atoms with van der Waals surface area (Å²) in [7, 11) is 0. The van der Waals surface area contributed by atoms with E-state index in [1.807, 2.05) is 0 Å². The van der Waals surface area contributed by atoms with E-state index in [9.17, 15) is 14.5 Å². The Morgan fingerprint density at radius 1 is 1.45 bits per heavy atom. The van der Waals surface area contributed by atoms with E-state index in [0.717, 1.165) is 4.47 Å². The Morgan fingerprint density at radius 3 is 2.90 bits per heavy atom. The molecule has 0 radical (unpaired) electrons. The second-order valence-electron chi connectivity index (χ2n) is 4.20. The van der Waals surface area contributed by atoms with E-state index in [1.54, 1.807) is 19.1 Å². The van der Waals surface area contributed by atoms with Crippen molar-refractivity contribution in [3.05, 3.63) is 62.0 Å². The van der Waals surface area contributed by atoms with E-state index >= 15 is 0 Å². The van der Waals surface area contributed by atoms with Crippen molar-refractivity contribution < 1.29 is 9.31 Å². The average molecular weight is 340 g/mol. The lowest BCUT2D eigenvalue weighted by Crippen LogP contribution is -2.04. The van der Waals surface area contributed by atoms with Gasteiger partial charge >= 0.3 is 0 Å². The van der Waals surface area contributed by atoms with Gasteiger partial charge in [-0.25, -0.2) is 9.37 Å². The summed E-state index contributed by atoms with van der Waals surface area (Å²) in [4.78, 5) is 14.4. The maximum Gasteiger partial charge on any atom is 0.277 e. The summed E-state index contributed by atoms with van der Waals surface area (Å²) >= 11 is 3.26. The molecule has 2 aromatic rings. The molecule has 0 spiro atoms. The normalized spacial score (nSPS) is 10.3. The number of aryl methyl sites for hydroxylation is 1. The highest BCUT2D eigenvalue weighted by Gasteiger charge is 2.12. The smallest absolute Gasteiger partial charge is 0.277 e. The van der Waals surface area contributed by atoms with Crippen molar-refractivity contribution in [2.24, 2.45) is 0 Å². The lowest BCUT2D eigenvalue weighted by molar-refractivity contribution is -0.385.